The van der Waals surface area contributed by atoms with Crippen molar-refractivity contribution in [3.05, 3.63) is 218 Å². The molecule has 0 saturated carbocycles. The lowest BCUT2D eigenvalue weighted by molar-refractivity contribution is 0.632. The number of rotatable bonds is 6. The summed E-state index contributed by atoms with van der Waals surface area (Å²) in [5, 5.41) is 8.63. The summed E-state index contributed by atoms with van der Waals surface area (Å²) in [6, 6.07) is 78.8. The summed E-state index contributed by atoms with van der Waals surface area (Å²) in [6.07, 6.45) is 0. The number of hydrogen-bond acceptors (Lipinski definition) is 1. The lowest BCUT2D eigenvalue weighted by atomic mass is 9.85. The third-order valence-corrected chi connectivity index (χ3v) is 11.5. The second-order valence-corrected chi connectivity index (χ2v) is 14.8. The van der Waals surface area contributed by atoms with Crippen molar-refractivity contribution in [2.24, 2.45) is 0 Å². The van der Waals surface area contributed by atoms with Crippen molar-refractivity contribution >= 4 is 43.3 Å². The molecule has 1 heteroatoms. The standard InChI is InChI=1S/C56H36O/c1-3-14-40(15-4-1)55-51-36-46(33-34-52(51)57-56(55)43-16-5-2-6-17-43)39-25-30-42(31-26-39)54-49-21-11-9-19-47(49)53(48-20-10-12-22-50(48)54)41-28-23-38(24-29-41)45-32-27-37-13-7-8-18-44(37)35-45/h1-36H. The second-order valence-electron chi connectivity index (χ2n) is 14.8. The Bertz CT molecular complexity index is 3190. The molecule has 0 amide bonds. The molecular formula is C56H36O. The van der Waals surface area contributed by atoms with E-state index in [0.717, 1.165) is 39.0 Å². The molecule has 0 N–H and O–H groups in total. The minimum Gasteiger partial charge on any atom is -0.455 e. The molecule has 0 saturated heterocycles. The van der Waals surface area contributed by atoms with Gasteiger partial charge in [-0.05, 0) is 101 Å². The molecule has 0 aliphatic rings. The summed E-state index contributed by atoms with van der Waals surface area (Å²) < 4.78 is 6.57. The molecule has 0 aliphatic heterocycles. The molecule has 1 heterocycles. The van der Waals surface area contributed by atoms with E-state index in [2.05, 4.69) is 212 Å². The lowest BCUT2D eigenvalue weighted by Crippen LogP contribution is -1.91. The van der Waals surface area contributed by atoms with E-state index < -0.39 is 0 Å². The first kappa shape index (κ1) is 32.9. The maximum Gasteiger partial charge on any atom is 0.143 e. The van der Waals surface area contributed by atoms with E-state index in [4.69, 9.17) is 4.42 Å². The van der Waals surface area contributed by atoms with Crippen molar-refractivity contribution in [1.29, 1.82) is 0 Å². The van der Waals surface area contributed by atoms with Gasteiger partial charge in [0.15, 0.2) is 0 Å². The molecule has 1 aromatic heterocycles. The average molecular weight is 725 g/mol. The van der Waals surface area contributed by atoms with Crippen molar-refractivity contribution < 1.29 is 4.42 Å². The average Bonchev–Trinajstić information content (AvgIpc) is 3.68. The Morgan fingerprint density at radius 3 is 1.19 bits per heavy atom. The van der Waals surface area contributed by atoms with Crippen molar-refractivity contribution in [3.63, 3.8) is 0 Å². The Morgan fingerprint density at radius 1 is 0.228 bits per heavy atom. The number of benzene rings is 10. The summed E-state index contributed by atoms with van der Waals surface area (Å²) in [6.45, 7) is 0. The van der Waals surface area contributed by atoms with Gasteiger partial charge in [0.05, 0.1) is 0 Å². The quantitative estimate of drug-likeness (QED) is 0.156. The fourth-order valence-electron chi connectivity index (χ4n) is 8.74. The predicted molar refractivity (Wildman–Crippen MR) is 241 cm³/mol. The van der Waals surface area contributed by atoms with E-state index in [1.54, 1.807) is 0 Å². The van der Waals surface area contributed by atoms with E-state index in [1.807, 2.05) is 6.07 Å². The van der Waals surface area contributed by atoms with Crippen LogP contribution in [0.2, 0.25) is 0 Å². The summed E-state index contributed by atoms with van der Waals surface area (Å²) in [4.78, 5) is 0. The number of furan rings is 1. The fourth-order valence-corrected chi connectivity index (χ4v) is 8.74. The van der Waals surface area contributed by atoms with Crippen LogP contribution in [0.15, 0.2) is 223 Å². The van der Waals surface area contributed by atoms with Crippen LogP contribution in [0.3, 0.4) is 0 Å². The van der Waals surface area contributed by atoms with Gasteiger partial charge in [0.25, 0.3) is 0 Å². The van der Waals surface area contributed by atoms with Gasteiger partial charge in [-0.3, -0.25) is 0 Å². The zero-order valence-corrected chi connectivity index (χ0v) is 31.2. The molecule has 0 radical (unpaired) electrons. The summed E-state index contributed by atoms with van der Waals surface area (Å²) in [5.41, 5.74) is 13.9. The van der Waals surface area contributed by atoms with Gasteiger partial charge in [-0.25, -0.2) is 0 Å². The van der Waals surface area contributed by atoms with Gasteiger partial charge in [-0.1, -0.05) is 200 Å². The first-order valence-electron chi connectivity index (χ1n) is 19.6. The van der Waals surface area contributed by atoms with Gasteiger partial charge in [-0.2, -0.15) is 0 Å². The first-order valence-corrected chi connectivity index (χ1v) is 19.6. The largest absolute Gasteiger partial charge is 0.455 e. The molecule has 0 aliphatic carbocycles. The maximum atomic E-state index is 6.57. The van der Waals surface area contributed by atoms with Crippen molar-refractivity contribution in [2.45, 2.75) is 0 Å². The predicted octanol–water partition coefficient (Wildman–Crippen LogP) is 15.9. The van der Waals surface area contributed by atoms with Crippen LogP contribution in [0.4, 0.5) is 0 Å². The highest BCUT2D eigenvalue weighted by Gasteiger charge is 2.20. The van der Waals surface area contributed by atoms with Crippen LogP contribution in [0, 0.1) is 0 Å². The van der Waals surface area contributed by atoms with Crippen LogP contribution in [0.1, 0.15) is 0 Å². The van der Waals surface area contributed by atoms with Crippen LogP contribution < -0.4 is 0 Å². The van der Waals surface area contributed by atoms with Gasteiger partial charge in [-0.15, -0.1) is 0 Å². The first-order chi connectivity index (χ1) is 28.3. The molecule has 1 nitrogen and oxygen atoms in total. The molecule has 0 fully saturated rings. The Labute approximate surface area is 331 Å². The normalized spacial score (nSPS) is 11.5. The van der Waals surface area contributed by atoms with Gasteiger partial charge in [0.1, 0.15) is 11.3 Å². The third kappa shape index (κ3) is 5.72. The third-order valence-electron chi connectivity index (χ3n) is 11.5. The zero-order chi connectivity index (χ0) is 37.7. The Kier molecular flexibility index (Phi) is 7.89. The molecule has 0 atom stereocenters. The van der Waals surface area contributed by atoms with Crippen LogP contribution in [-0.4, -0.2) is 0 Å². The van der Waals surface area contributed by atoms with E-state index >= 15 is 0 Å². The second kappa shape index (κ2) is 13.7. The van der Waals surface area contributed by atoms with Crippen LogP contribution >= 0.6 is 0 Å². The fraction of sp³-hybridized carbons (Fsp3) is 0. The zero-order valence-electron chi connectivity index (χ0n) is 31.2. The van der Waals surface area contributed by atoms with E-state index in [0.29, 0.717) is 0 Å². The minimum absolute atomic E-state index is 0.884. The summed E-state index contributed by atoms with van der Waals surface area (Å²) in [5.74, 6) is 0.896. The van der Waals surface area contributed by atoms with Crippen LogP contribution in [0.25, 0.3) is 110 Å². The lowest BCUT2D eigenvalue weighted by Gasteiger charge is -2.18. The molecule has 0 bridgehead atoms. The van der Waals surface area contributed by atoms with Crippen molar-refractivity contribution in [1.82, 2.24) is 0 Å². The summed E-state index contributed by atoms with van der Waals surface area (Å²) in [7, 11) is 0. The molecule has 0 spiro atoms. The molecule has 11 aromatic rings. The molecule has 266 valence electrons. The van der Waals surface area contributed by atoms with E-state index in [9.17, 15) is 0 Å². The Morgan fingerprint density at radius 2 is 0.632 bits per heavy atom. The van der Waals surface area contributed by atoms with Gasteiger partial charge in [0, 0.05) is 16.5 Å². The number of fused-ring (bicyclic) bond motifs is 4. The van der Waals surface area contributed by atoms with Gasteiger partial charge in [0.2, 0.25) is 0 Å². The van der Waals surface area contributed by atoms with Crippen molar-refractivity contribution in [3.8, 4) is 67.0 Å². The Hall–Kier alpha value is -7.48. The molecule has 57 heavy (non-hydrogen) atoms. The highest BCUT2D eigenvalue weighted by Crippen LogP contribution is 2.45. The monoisotopic (exact) mass is 724 g/mol. The highest BCUT2D eigenvalue weighted by atomic mass is 16.3. The van der Waals surface area contributed by atoms with E-state index in [1.165, 1.54) is 71.3 Å². The molecule has 11 rings (SSSR count). The Balaban J connectivity index is 1.00. The molecule has 0 unspecified atom stereocenters. The SMILES string of the molecule is c1ccc(-c2oc3ccc(-c4ccc(-c5c6ccccc6c(-c6ccc(-c7ccc8ccccc8c7)cc6)c6ccccc56)cc4)cc3c2-c2ccccc2)cc1. The van der Waals surface area contributed by atoms with Crippen LogP contribution in [0.5, 0.6) is 0 Å². The smallest absolute Gasteiger partial charge is 0.143 e. The molecular weight excluding hydrogens is 689 g/mol. The van der Waals surface area contributed by atoms with E-state index in [-0.39, 0.29) is 0 Å². The van der Waals surface area contributed by atoms with Gasteiger partial charge >= 0.3 is 0 Å². The topological polar surface area (TPSA) is 13.1 Å². The summed E-state index contributed by atoms with van der Waals surface area (Å²) >= 11 is 0. The maximum absolute atomic E-state index is 6.57. The number of hydrogen-bond donors (Lipinski definition) is 0. The highest BCUT2D eigenvalue weighted by molar-refractivity contribution is 6.21. The van der Waals surface area contributed by atoms with Crippen molar-refractivity contribution in [2.75, 3.05) is 0 Å². The molecule has 10 aromatic carbocycles. The van der Waals surface area contributed by atoms with Crippen LogP contribution in [-0.2, 0) is 0 Å². The van der Waals surface area contributed by atoms with Gasteiger partial charge < -0.3 is 4.42 Å². The minimum atomic E-state index is 0.884.